The van der Waals surface area contributed by atoms with E-state index in [0.29, 0.717) is 6.54 Å². The van der Waals surface area contributed by atoms with Gasteiger partial charge in [-0.25, -0.2) is 0 Å². The number of carbonyl (C=O) groups excluding carboxylic acids is 2. The van der Waals surface area contributed by atoms with Gasteiger partial charge in [-0.05, 0) is 36.3 Å². The molecule has 26 heavy (non-hydrogen) atoms. The lowest BCUT2D eigenvalue weighted by Crippen LogP contribution is -2.46. The van der Waals surface area contributed by atoms with Gasteiger partial charge >= 0.3 is 0 Å². The Labute approximate surface area is 159 Å². The minimum absolute atomic E-state index is 0.0390. The summed E-state index contributed by atoms with van der Waals surface area (Å²) in [6.45, 7) is 3.37. The average Bonchev–Trinajstić information content (AvgIpc) is 3.22. The molecule has 1 saturated heterocycles. The van der Waals surface area contributed by atoms with Crippen molar-refractivity contribution in [2.45, 2.75) is 38.6 Å². The fourth-order valence-corrected chi connectivity index (χ4v) is 4.21. The lowest BCUT2D eigenvalue weighted by atomic mass is 9.95. The van der Waals surface area contributed by atoms with Crippen LogP contribution >= 0.6 is 11.3 Å². The van der Waals surface area contributed by atoms with Gasteiger partial charge in [-0.15, -0.1) is 11.3 Å². The number of nitrogens with zero attached hydrogens (tertiary/aromatic N) is 1. The lowest BCUT2D eigenvalue weighted by molar-refractivity contribution is -0.127. The Morgan fingerprint density at radius 2 is 2.04 bits per heavy atom. The van der Waals surface area contributed by atoms with Gasteiger partial charge in [-0.2, -0.15) is 0 Å². The summed E-state index contributed by atoms with van der Waals surface area (Å²) in [5, 5.41) is 5.14. The maximum absolute atomic E-state index is 12.9. The van der Waals surface area contributed by atoms with Crippen molar-refractivity contribution in [1.29, 1.82) is 0 Å². The Kier molecular flexibility index (Phi) is 6.45. The molecule has 3 rings (SSSR count). The molecule has 2 unspecified atom stereocenters. The van der Waals surface area contributed by atoms with Crippen LogP contribution in [0.25, 0.3) is 0 Å². The summed E-state index contributed by atoms with van der Waals surface area (Å²) in [6.07, 6.45) is 3.64. The van der Waals surface area contributed by atoms with Gasteiger partial charge in [0.05, 0.1) is 16.8 Å². The van der Waals surface area contributed by atoms with Crippen LogP contribution in [0.15, 0.2) is 47.8 Å². The molecule has 0 radical (unpaired) electrons. The third kappa shape index (κ3) is 4.52. The van der Waals surface area contributed by atoms with E-state index in [1.165, 1.54) is 11.3 Å². The highest BCUT2D eigenvalue weighted by Crippen LogP contribution is 2.23. The summed E-state index contributed by atoms with van der Waals surface area (Å²) in [5.74, 6) is -0.0163. The van der Waals surface area contributed by atoms with Crippen LogP contribution in [0.2, 0.25) is 0 Å². The van der Waals surface area contributed by atoms with E-state index in [1.54, 1.807) is 0 Å². The molecule has 4 nitrogen and oxygen atoms in total. The van der Waals surface area contributed by atoms with E-state index in [0.717, 1.165) is 42.7 Å². The number of benzene rings is 1. The minimum atomic E-state index is -0.129. The summed E-state index contributed by atoms with van der Waals surface area (Å²) in [7, 11) is 0. The van der Waals surface area contributed by atoms with Crippen LogP contribution in [0, 0.1) is 5.92 Å². The van der Waals surface area contributed by atoms with Crippen LogP contribution < -0.4 is 5.32 Å². The van der Waals surface area contributed by atoms with E-state index in [-0.39, 0.29) is 23.8 Å². The Bertz CT molecular complexity index is 715. The van der Waals surface area contributed by atoms with E-state index >= 15 is 0 Å². The Morgan fingerprint density at radius 3 is 2.73 bits per heavy atom. The molecule has 0 bridgehead atoms. The third-order valence-corrected chi connectivity index (χ3v) is 5.76. The van der Waals surface area contributed by atoms with E-state index in [1.807, 2.05) is 40.6 Å². The molecule has 2 aromatic rings. The maximum atomic E-state index is 12.9. The second kappa shape index (κ2) is 8.99. The van der Waals surface area contributed by atoms with Crippen LogP contribution in [0.1, 0.15) is 53.9 Å². The van der Waals surface area contributed by atoms with Gasteiger partial charge in [0, 0.05) is 13.1 Å². The number of rotatable bonds is 6. The fraction of sp³-hybridized carbons (Fsp3) is 0.429. The van der Waals surface area contributed by atoms with Gasteiger partial charge in [0.25, 0.3) is 5.91 Å². The Morgan fingerprint density at radius 1 is 1.23 bits per heavy atom. The summed E-state index contributed by atoms with van der Waals surface area (Å²) in [4.78, 5) is 28.0. The molecular weight excluding hydrogens is 344 g/mol. The first kappa shape index (κ1) is 18.6. The summed E-state index contributed by atoms with van der Waals surface area (Å²) >= 11 is 1.46. The molecule has 1 N–H and O–H groups in total. The van der Waals surface area contributed by atoms with Crippen LogP contribution in [-0.2, 0) is 4.79 Å². The SMILES string of the molecule is CCCC(NC(=O)C1CCCN(C(=O)c2cccs2)C1)c1ccccc1. The summed E-state index contributed by atoms with van der Waals surface area (Å²) in [6, 6.07) is 13.9. The van der Waals surface area contributed by atoms with Gasteiger partial charge in [0.1, 0.15) is 0 Å². The van der Waals surface area contributed by atoms with E-state index in [2.05, 4.69) is 24.4 Å². The van der Waals surface area contributed by atoms with Crippen LogP contribution in [0.4, 0.5) is 0 Å². The van der Waals surface area contributed by atoms with Gasteiger partial charge in [0.15, 0.2) is 0 Å². The van der Waals surface area contributed by atoms with Crippen molar-refractivity contribution in [3.05, 3.63) is 58.3 Å². The summed E-state index contributed by atoms with van der Waals surface area (Å²) < 4.78 is 0. The topological polar surface area (TPSA) is 49.4 Å². The lowest BCUT2D eigenvalue weighted by Gasteiger charge is -2.32. The second-order valence-electron chi connectivity index (χ2n) is 6.83. The first-order valence-electron chi connectivity index (χ1n) is 9.37. The second-order valence-corrected chi connectivity index (χ2v) is 7.78. The molecule has 0 spiro atoms. The molecule has 1 aliphatic heterocycles. The van der Waals surface area contributed by atoms with Gasteiger partial charge in [-0.1, -0.05) is 49.7 Å². The standard InChI is InChI=1S/C21H26N2O2S/c1-2-8-18(16-9-4-3-5-10-16)22-20(24)17-11-6-13-23(15-17)21(25)19-12-7-14-26-19/h3-5,7,9-10,12,14,17-18H,2,6,8,11,13,15H2,1H3,(H,22,24). The van der Waals surface area contributed by atoms with E-state index in [9.17, 15) is 9.59 Å². The maximum Gasteiger partial charge on any atom is 0.263 e. The van der Waals surface area contributed by atoms with Crippen molar-refractivity contribution in [1.82, 2.24) is 10.2 Å². The summed E-state index contributed by atoms with van der Waals surface area (Å²) in [5.41, 5.74) is 1.14. The van der Waals surface area contributed by atoms with Gasteiger partial charge in [0.2, 0.25) is 5.91 Å². The zero-order valence-corrected chi connectivity index (χ0v) is 16.0. The Hall–Kier alpha value is -2.14. The molecule has 138 valence electrons. The highest BCUT2D eigenvalue weighted by Gasteiger charge is 2.30. The van der Waals surface area contributed by atoms with Crippen molar-refractivity contribution < 1.29 is 9.59 Å². The first-order chi connectivity index (χ1) is 12.7. The van der Waals surface area contributed by atoms with E-state index < -0.39 is 0 Å². The molecule has 1 fully saturated rings. The number of hydrogen-bond acceptors (Lipinski definition) is 3. The number of hydrogen-bond donors (Lipinski definition) is 1. The number of amides is 2. The monoisotopic (exact) mass is 370 g/mol. The van der Waals surface area contributed by atoms with Crippen molar-refractivity contribution in [3.8, 4) is 0 Å². The van der Waals surface area contributed by atoms with Crippen molar-refractivity contribution >= 4 is 23.2 Å². The quantitative estimate of drug-likeness (QED) is 0.826. The molecule has 1 aromatic carbocycles. The molecule has 1 aliphatic rings. The number of nitrogens with one attached hydrogen (secondary N) is 1. The van der Waals surface area contributed by atoms with Crippen LogP contribution in [0.5, 0.6) is 0 Å². The predicted molar refractivity (Wildman–Crippen MR) is 105 cm³/mol. The number of carbonyl (C=O) groups is 2. The smallest absolute Gasteiger partial charge is 0.263 e. The molecule has 0 saturated carbocycles. The minimum Gasteiger partial charge on any atom is -0.349 e. The van der Waals surface area contributed by atoms with Gasteiger partial charge < -0.3 is 10.2 Å². The molecule has 2 atom stereocenters. The largest absolute Gasteiger partial charge is 0.349 e. The molecule has 0 aliphatic carbocycles. The number of thiophene rings is 1. The Balaban J connectivity index is 1.64. The predicted octanol–water partition coefficient (Wildman–Crippen LogP) is 4.26. The van der Waals surface area contributed by atoms with E-state index in [4.69, 9.17) is 0 Å². The highest BCUT2D eigenvalue weighted by atomic mass is 32.1. The molecule has 2 amide bonds. The fourth-order valence-electron chi connectivity index (χ4n) is 3.52. The normalized spacial score (nSPS) is 18.3. The molecule has 1 aromatic heterocycles. The zero-order valence-electron chi connectivity index (χ0n) is 15.2. The van der Waals surface area contributed by atoms with Crippen molar-refractivity contribution in [2.24, 2.45) is 5.92 Å². The number of piperidine rings is 1. The molecule has 5 heteroatoms. The van der Waals surface area contributed by atoms with Crippen molar-refractivity contribution in [3.63, 3.8) is 0 Å². The average molecular weight is 371 g/mol. The third-order valence-electron chi connectivity index (χ3n) is 4.91. The first-order valence-corrected chi connectivity index (χ1v) is 10.2. The molecule has 2 heterocycles. The van der Waals surface area contributed by atoms with Gasteiger partial charge in [-0.3, -0.25) is 9.59 Å². The van der Waals surface area contributed by atoms with Crippen LogP contribution in [0.3, 0.4) is 0 Å². The number of likely N-dealkylation sites (tertiary alicyclic amines) is 1. The zero-order chi connectivity index (χ0) is 18.4. The van der Waals surface area contributed by atoms with Crippen molar-refractivity contribution in [2.75, 3.05) is 13.1 Å². The van der Waals surface area contributed by atoms with Crippen LogP contribution in [-0.4, -0.2) is 29.8 Å². The highest BCUT2D eigenvalue weighted by molar-refractivity contribution is 7.12. The molecular formula is C21H26N2O2S.